The first-order valence-corrected chi connectivity index (χ1v) is 17.9. The minimum absolute atomic E-state index is 0.140. The van der Waals surface area contributed by atoms with Gasteiger partial charge in [0.1, 0.15) is 50.8 Å². The minimum atomic E-state index is -0.526. The summed E-state index contributed by atoms with van der Waals surface area (Å²) in [7, 11) is 0. The normalized spacial score (nSPS) is 35.5. The summed E-state index contributed by atoms with van der Waals surface area (Å²) in [6.45, 7) is 2.44. The molecule has 20 nitrogen and oxygen atoms in total. The van der Waals surface area contributed by atoms with Gasteiger partial charge >= 0.3 is 0 Å². The van der Waals surface area contributed by atoms with Gasteiger partial charge in [0.15, 0.2) is 25.2 Å². The predicted octanol–water partition coefficient (Wildman–Crippen LogP) is -2.94. The highest BCUT2D eigenvalue weighted by atomic mass is 16.8. The van der Waals surface area contributed by atoms with E-state index >= 15 is 0 Å². The van der Waals surface area contributed by atoms with Crippen molar-refractivity contribution in [1.29, 1.82) is 0 Å². The van der Waals surface area contributed by atoms with Gasteiger partial charge in [-0.15, -0.1) is 0 Å². The van der Waals surface area contributed by atoms with Crippen molar-refractivity contribution >= 4 is 23.6 Å². The van der Waals surface area contributed by atoms with Crippen LogP contribution >= 0.6 is 0 Å². The standard InChI is InChI=1S/C32H52N4O16/c37-25-17-41-9-10-42-18-26(38)35-7-3-31-47-15-24-23(51-31)16-48-32(52-24)4-8-36-28(40)20-44-12-11-43-19-27(39)34-6-2-30-46-14-21-22(50-30)13-45-29(49-21)1-5-33-25/h21-24,29-32H,1-20H2,(H,33,37)(H,34,39)(H,35,38)(H,36,40)/t21-,22-,23-,24-,29+,30+,31+,32+/m0/s1. The molecule has 0 aliphatic carbocycles. The van der Waals surface area contributed by atoms with E-state index in [1.807, 2.05) is 0 Å². The average Bonchev–Trinajstić information content (AvgIpc) is 3.14. The van der Waals surface area contributed by atoms with Gasteiger partial charge in [0, 0.05) is 51.9 Å². The number of nitrogens with one attached hydrogen (secondary N) is 4. The number of hydrogen-bond donors (Lipinski definition) is 4. The molecule has 12 heterocycles. The molecular weight excluding hydrogens is 696 g/mol. The smallest absolute Gasteiger partial charge is 0.246 e. The molecule has 8 bridgehead atoms. The van der Waals surface area contributed by atoms with Gasteiger partial charge in [-0.1, -0.05) is 0 Å². The summed E-state index contributed by atoms with van der Waals surface area (Å²) < 4.78 is 68.2. The van der Waals surface area contributed by atoms with E-state index in [9.17, 15) is 19.2 Å². The van der Waals surface area contributed by atoms with Crippen LogP contribution in [0.4, 0.5) is 0 Å². The Kier molecular flexibility index (Phi) is 17.6. The first-order chi connectivity index (χ1) is 25.4. The van der Waals surface area contributed by atoms with Crippen molar-refractivity contribution in [2.24, 2.45) is 0 Å². The Morgan fingerprint density at radius 2 is 0.596 bits per heavy atom. The molecule has 0 aromatic carbocycles. The monoisotopic (exact) mass is 748 g/mol. The van der Waals surface area contributed by atoms with Gasteiger partial charge in [0.25, 0.3) is 0 Å². The third-order valence-electron chi connectivity index (χ3n) is 8.41. The van der Waals surface area contributed by atoms with E-state index in [0.717, 1.165) is 0 Å². The third-order valence-corrected chi connectivity index (χ3v) is 8.41. The zero-order chi connectivity index (χ0) is 36.4. The lowest BCUT2D eigenvalue weighted by Gasteiger charge is -2.41. The second-order valence-corrected chi connectivity index (χ2v) is 12.5. The van der Waals surface area contributed by atoms with E-state index < -0.39 is 25.2 Å². The lowest BCUT2D eigenvalue weighted by atomic mass is 10.1. The van der Waals surface area contributed by atoms with Crippen molar-refractivity contribution in [3.05, 3.63) is 0 Å². The van der Waals surface area contributed by atoms with Crippen molar-refractivity contribution < 1.29 is 76.0 Å². The maximum atomic E-state index is 12.1. The molecule has 0 aromatic heterocycles. The van der Waals surface area contributed by atoms with Gasteiger partial charge in [-0.3, -0.25) is 19.2 Å². The van der Waals surface area contributed by atoms with E-state index in [1.54, 1.807) is 0 Å². The molecule has 12 aliphatic heterocycles. The summed E-state index contributed by atoms with van der Waals surface area (Å²) in [6.07, 6.45) is -1.66. The molecule has 0 aromatic rings. The second kappa shape index (κ2) is 22.6. The van der Waals surface area contributed by atoms with Gasteiger partial charge in [0.05, 0.1) is 52.9 Å². The summed E-state index contributed by atoms with van der Waals surface area (Å²) in [6, 6.07) is 0. The van der Waals surface area contributed by atoms with Gasteiger partial charge in [-0.05, 0) is 0 Å². The number of amides is 4. The molecule has 0 radical (unpaired) electrons. The number of carbonyl (C=O) groups is 4. The lowest BCUT2D eigenvalue weighted by Crippen LogP contribution is -2.53. The first kappa shape index (κ1) is 40.6. The van der Waals surface area contributed by atoms with Crippen molar-refractivity contribution in [2.75, 3.05) is 105 Å². The molecule has 8 atom stereocenters. The summed E-state index contributed by atoms with van der Waals surface area (Å²) in [5.41, 5.74) is 0. The Balaban J connectivity index is 0.996. The van der Waals surface area contributed by atoms with Crippen molar-refractivity contribution in [3.8, 4) is 0 Å². The molecule has 12 fully saturated rings. The minimum Gasteiger partial charge on any atom is -0.369 e. The van der Waals surface area contributed by atoms with Gasteiger partial charge in [-0.2, -0.15) is 0 Å². The third kappa shape index (κ3) is 14.7. The van der Waals surface area contributed by atoms with Crippen LogP contribution in [0.5, 0.6) is 0 Å². The molecule has 12 aliphatic rings. The summed E-state index contributed by atoms with van der Waals surface area (Å²) >= 11 is 0. The maximum absolute atomic E-state index is 12.1. The molecule has 296 valence electrons. The Morgan fingerprint density at radius 1 is 0.365 bits per heavy atom. The van der Waals surface area contributed by atoms with Crippen LogP contribution in [0.15, 0.2) is 0 Å². The van der Waals surface area contributed by atoms with Crippen LogP contribution in [0.25, 0.3) is 0 Å². The molecule has 12 saturated heterocycles. The number of rotatable bonds is 0. The van der Waals surface area contributed by atoms with Crippen molar-refractivity contribution in [1.82, 2.24) is 21.3 Å². The Labute approximate surface area is 301 Å². The van der Waals surface area contributed by atoms with E-state index in [1.165, 1.54) is 0 Å². The molecule has 0 unspecified atom stereocenters. The van der Waals surface area contributed by atoms with E-state index in [-0.39, 0.29) is 101 Å². The highest BCUT2D eigenvalue weighted by Gasteiger charge is 2.39. The fourth-order valence-electron chi connectivity index (χ4n) is 5.71. The second-order valence-electron chi connectivity index (χ2n) is 12.5. The Bertz CT molecular complexity index is 954. The largest absolute Gasteiger partial charge is 0.369 e. The zero-order valence-corrected chi connectivity index (χ0v) is 29.3. The molecule has 0 spiro atoms. The molecule has 52 heavy (non-hydrogen) atoms. The van der Waals surface area contributed by atoms with E-state index in [0.29, 0.717) is 78.3 Å². The van der Waals surface area contributed by atoms with Crippen molar-refractivity contribution in [3.63, 3.8) is 0 Å². The molecule has 4 amide bonds. The molecule has 0 saturated carbocycles. The van der Waals surface area contributed by atoms with Crippen LogP contribution in [-0.2, 0) is 76.0 Å². The average molecular weight is 749 g/mol. The zero-order valence-electron chi connectivity index (χ0n) is 29.3. The highest BCUT2D eigenvalue weighted by Crippen LogP contribution is 2.26. The van der Waals surface area contributed by atoms with Crippen molar-refractivity contribution in [2.45, 2.75) is 75.3 Å². The number of hydrogen-bond acceptors (Lipinski definition) is 16. The van der Waals surface area contributed by atoms with E-state index in [4.69, 9.17) is 56.8 Å². The fourth-order valence-corrected chi connectivity index (χ4v) is 5.71. The lowest BCUT2D eigenvalue weighted by molar-refractivity contribution is -0.337. The molecule has 12 rings (SSSR count). The molecule has 20 heteroatoms. The highest BCUT2D eigenvalue weighted by molar-refractivity contribution is 5.78. The summed E-state index contributed by atoms with van der Waals surface area (Å²) in [5.74, 6) is -1.20. The van der Waals surface area contributed by atoms with Crippen LogP contribution in [0.1, 0.15) is 25.7 Å². The topological polar surface area (TPSA) is 227 Å². The quantitative estimate of drug-likeness (QED) is 0.194. The van der Waals surface area contributed by atoms with Crippen LogP contribution in [0.2, 0.25) is 0 Å². The van der Waals surface area contributed by atoms with Crippen LogP contribution < -0.4 is 21.3 Å². The van der Waals surface area contributed by atoms with Gasteiger partial charge in [-0.25, -0.2) is 0 Å². The Morgan fingerprint density at radius 3 is 0.827 bits per heavy atom. The summed E-state index contributed by atoms with van der Waals surface area (Å²) in [4.78, 5) is 48.6. The molecule has 4 N–H and O–H groups in total. The number of ether oxygens (including phenoxy) is 12. The van der Waals surface area contributed by atoms with Crippen LogP contribution in [0.3, 0.4) is 0 Å². The first-order valence-electron chi connectivity index (χ1n) is 17.9. The van der Waals surface area contributed by atoms with Gasteiger partial charge < -0.3 is 78.1 Å². The SMILES string of the molecule is O=C1COCCOCC(=O)NCC[C@@H]2OC[C@@H]3O[C@H](CCNC(=O)COCCOCC(=O)NCC[C@@H]4OC[C@@H]5O[C@H](CCN1)OC[C@@H]5O4)OC[C@@H]3O2. The van der Waals surface area contributed by atoms with Crippen LogP contribution in [0, 0.1) is 0 Å². The Hall–Kier alpha value is -2.60. The van der Waals surface area contributed by atoms with Crippen LogP contribution in [-0.4, -0.2) is 179 Å². The van der Waals surface area contributed by atoms with Gasteiger partial charge in [0.2, 0.25) is 23.6 Å². The van der Waals surface area contributed by atoms with E-state index in [2.05, 4.69) is 21.3 Å². The maximum Gasteiger partial charge on any atom is 0.246 e. The predicted molar refractivity (Wildman–Crippen MR) is 172 cm³/mol. The fraction of sp³-hybridized carbons (Fsp3) is 0.875. The summed E-state index contributed by atoms with van der Waals surface area (Å²) in [5, 5.41) is 11.0. The number of carbonyl (C=O) groups excluding carboxylic acids is 4. The molecular formula is C32H52N4O16.